The topological polar surface area (TPSA) is 231 Å². The summed E-state index contributed by atoms with van der Waals surface area (Å²) in [5, 5.41) is 25.4. The monoisotopic (exact) mass is 487 g/mol. The Labute approximate surface area is 198 Å². The summed E-state index contributed by atoms with van der Waals surface area (Å²) in [6.45, 7) is 7.24. The number of rotatable bonds is 16. The van der Waals surface area contributed by atoms with Crippen LogP contribution in [0.15, 0.2) is 0 Å². The fourth-order valence-corrected chi connectivity index (χ4v) is 3.04. The maximum absolute atomic E-state index is 12.9. The number of hydrogen-bond donors (Lipinski definition) is 7. The van der Waals surface area contributed by atoms with Crippen molar-refractivity contribution < 1.29 is 39.0 Å². The summed E-state index contributed by atoms with van der Waals surface area (Å²) in [6.07, 6.45) is -0.627. The number of aliphatic carboxylic acids is 2. The lowest BCUT2D eigenvalue weighted by Crippen LogP contribution is -2.59. The molecule has 0 rings (SSSR count). The molecule has 0 aliphatic heterocycles. The van der Waals surface area contributed by atoms with Crippen LogP contribution in [0.5, 0.6) is 0 Å². The molecule has 0 aromatic rings. The Morgan fingerprint density at radius 1 is 0.853 bits per heavy atom. The number of nitrogens with one attached hydrogen (secondary N) is 3. The van der Waals surface area contributed by atoms with Crippen LogP contribution in [0.1, 0.15) is 59.8 Å². The Bertz CT molecular complexity index is 757. The van der Waals surface area contributed by atoms with Crippen molar-refractivity contribution in [3.63, 3.8) is 0 Å². The van der Waals surface area contributed by atoms with Gasteiger partial charge in [-0.05, 0) is 24.7 Å². The van der Waals surface area contributed by atoms with Gasteiger partial charge in [0.05, 0.1) is 12.5 Å². The molecule has 34 heavy (non-hydrogen) atoms. The normalized spacial score (nSPS) is 15.4. The van der Waals surface area contributed by atoms with E-state index in [1.807, 2.05) is 13.8 Å². The van der Waals surface area contributed by atoms with E-state index in [1.165, 1.54) is 0 Å². The predicted octanol–water partition coefficient (Wildman–Crippen LogP) is -1.31. The van der Waals surface area contributed by atoms with Crippen molar-refractivity contribution in [1.29, 1.82) is 0 Å². The first-order valence-electron chi connectivity index (χ1n) is 11.1. The van der Waals surface area contributed by atoms with Crippen molar-refractivity contribution in [3.05, 3.63) is 0 Å². The van der Waals surface area contributed by atoms with Crippen molar-refractivity contribution >= 4 is 35.6 Å². The van der Waals surface area contributed by atoms with Crippen LogP contribution < -0.4 is 27.4 Å². The van der Waals surface area contributed by atoms with Gasteiger partial charge < -0.3 is 37.6 Å². The number of carboxylic acids is 2. The first kappa shape index (κ1) is 30.8. The van der Waals surface area contributed by atoms with Gasteiger partial charge in [0.15, 0.2) is 0 Å². The predicted molar refractivity (Wildman–Crippen MR) is 121 cm³/mol. The van der Waals surface area contributed by atoms with Crippen LogP contribution in [0.25, 0.3) is 0 Å². The van der Waals surface area contributed by atoms with Crippen LogP contribution in [-0.2, 0) is 28.8 Å². The van der Waals surface area contributed by atoms with Gasteiger partial charge in [0.1, 0.15) is 18.1 Å². The van der Waals surface area contributed by atoms with E-state index in [9.17, 15) is 33.9 Å². The summed E-state index contributed by atoms with van der Waals surface area (Å²) < 4.78 is 0. The number of carbonyl (C=O) groups excluding carboxylic acids is 4. The summed E-state index contributed by atoms with van der Waals surface area (Å²) in [7, 11) is 0. The Balaban J connectivity index is 5.57. The molecule has 0 fully saturated rings. The summed E-state index contributed by atoms with van der Waals surface area (Å²) >= 11 is 0. The van der Waals surface area contributed by atoms with Crippen LogP contribution in [0.4, 0.5) is 0 Å². The van der Waals surface area contributed by atoms with Crippen molar-refractivity contribution in [2.75, 3.05) is 0 Å². The van der Waals surface area contributed by atoms with E-state index in [0.717, 1.165) is 0 Å². The van der Waals surface area contributed by atoms with Crippen LogP contribution in [0.2, 0.25) is 0 Å². The van der Waals surface area contributed by atoms with Gasteiger partial charge in [-0.1, -0.05) is 34.1 Å². The van der Waals surface area contributed by atoms with Crippen LogP contribution >= 0.6 is 0 Å². The fourth-order valence-electron chi connectivity index (χ4n) is 3.04. The molecule has 194 valence electrons. The van der Waals surface area contributed by atoms with Crippen LogP contribution in [0, 0.1) is 11.8 Å². The van der Waals surface area contributed by atoms with E-state index in [-0.39, 0.29) is 24.7 Å². The summed E-state index contributed by atoms with van der Waals surface area (Å²) in [5.74, 6) is -6.36. The average Bonchev–Trinajstić information content (AvgIpc) is 2.72. The van der Waals surface area contributed by atoms with Gasteiger partial charge in [-0.3, -0.25) is 24.0 Å². The van der Waals surface area contributed by atoms with Gasteiger partial charge in [-0.25, -0.2) is 4.79 Å². The van der Waals surface area contributed by atoms with Crippen molar-refractivity contribution in [2.24, 2.45) is 23.3 Å². The highest BCUT2D eigenvalue weighted by Crippen LogP contribution is 2.11. The second kappa shape index (κ2) is 14.8. The van der Waals surface area contributed by atoms with E-state index in [0.29, 0.717) is 12.8 Å². The zero-order chi connectivity index (χ0) is 26.6. The first-order valence-corrected chi connectivity index (χ1v) is 11.1. The van der Waals surface area contributed by atoms with Crippen molar-refractivity contribution in [3.8, 4) is 0 Å². The molecule has 0 aromatic carbocycles. The molecular weight excluding hydrogens is 450 g/mol. The Kier molecular flexibility index (Phi) is 13.4. The zero-order valence-electron chi connectivity index (χ0n) is 20.0. The molecule has 0 spiro atoms. The maximum atomic E-state index is 12.9. The van der Waals surface area contributed by atoms with Crippen LogP contribution in [-0.4, -0.2) is 69.9 Å². The molecule has 5 unspecified atom stereocenters. The van der Waals surface area contributed by atoms with Gasteiger partial charge >= 0.3 is 11.9 Å². The quantitative estimate of drug-likeness (QED) is 0.137. The number of hydrogen-bond acceptors (Lipinski definition) is 7. The number of amides is 4. The largest absolute Gasteiger partial charge is 0.481 e. The third-order valence-corrected chi connectivity index (χ3v) is 5.16. The van der Waals surface area contributed by atoms with E-state index in [4.69, 9.17) is 16.6 Å². The molecule has 0 saturated carbocycles. The van der Waals surface area contributed by atoms with Gasteiger partial charge in [-0.15, -0.1) is 0 Å². The second-order valence-corrected chi connectivity index (χ2v) is 8.67. The number of carboxylic acid groups (broad SMARTS) is 2. The second-order valence-electron chi connectivity index (χ2n) is 8.67. The molecule has 0 heterocycles. The smallest absolute Gasteiger partial charge is 0.326 e. The third kappa shape index (κ3) is 11.6. The fraction of sp³-hybridized carbons (Fsp3) is 0.714. The highest BCUT2D eigenvalue weighted by Gasteiger charge is 2.33. The molecule has 0 aromatic heterocycles. The van der Waals surface area contributed by atoms with Gasteiger partial charge in [-0.2, -0.15) is 0 Å². The summed E-state index contributed by atoms with van der Waals surface area (Å²) in [5.41, 5.74) is 10.9. The zero-order valence-corrected chi connectivity index (χ0v) is 20.0. The van der Waals surface area contributed by atoms with E-state index >= 15 is 0 Å². The lowest BCUT2D eigenvalue weighted by molar-refractivity contribution is -0.144. The molecule has 0 aliphatic carbocycles. The van der Waals surface area contributed by atoms with E-state index < -0.39 is 66.2 Å². The Morgan fingerprint density at radius 3 is 1.85 bits per heavy atom. The number of primary amides is 1. The SMILES string of the molecule is CCC(C)C(NC(=O)C(N)CC(C)C)C(=O)NC(CC(=O)O)C(=O)NC(CCC(N)=O)C(=O)O. The van der Waals surface area contributed by atoms with E-state index in [2.05, 4.69) is 16.0 Å². The minimum Gasteiger partial charge on any atom is -0.481 e. The molecule has 0 saturated heterocycles. The molecule has 4 amide bonds. The molecule has 0 radical (unpaired) electrons. The van der Waals surface area contributed by atoms with E-state index in [1.54, 1.807) is 13.8 Å². The molecule has 13 heteroatoms. The average molecular weight is 488 g/mol. The first-order chi connectivity index (χ1) is 15.7. The Hall–Kier alpha value is -3.22. The minimum absolute atomic E-state index is 0.136. The number of nitrogens with two attached hydrogens (primary N) is 2. The summed E-state index contributed by atoms with van der Waals surface area (Å²) in [4.78, 5) is 71.6. The molecular formula is C21H37N5O8. The van der Waals surface area contributed by atoms with Crippen molar-refractivity contribution in [1.82, 2.24) is 16.0 Å². The third-order valence-electron chi connectivity index (χ3n) is 5.16. The van der Waals surface area contributed by atoms with Gasteiger partial charge in [0.2, 0.25) is 23.6 Å². The molecule has 9 N–H and O–H groups in total. The molecule has 5 atom stereocenters. The van der Waals surface area contributed by atoms with Crippen LogP contribution in [0.3, 0.4) is 0 Å². The minimum atomic E-state index is -1.63. The lowest BCUT2D eigenvalue weighted by Gasteiger charge is -2.27. The maximum Gasteiger partial charge on any atom is 0.326 e. The van der Waals surface area contributed by atoms with Gasteiger partial charge in [0.25, 0.3) is 0 Å². The molecule has 0 bridgehead atoms. The van der Waals surface area contributed by atoms with Gasteiger partial charge in [0, 0.05) is 6.42 Å². The lowest BCUT2D eigenvalue weighted by atomic mass is 9.96. The Morgan fingerprint density at radius 2 is 1.41 bits per heavy atom. The summed E-state index contributed by atoms with van der Waals surface area (Å²) in [6, 6.07) is -5.12. The highest BCUT2D eigenvalue weighted by atomic mass is 16.4. The van der Waals surface area contributed by atoms with Crippen molar-refractivity contribution in [2.45, 2.75) is 84.0 Å². The number of carbonyl (C=O) groups is 6. The highest BCUT2D eigenvalue weighted by molar-refractivity contribution is 5.95. The molecule has 13 nitrogen and oxygen atoms in total. The molecule has 0 aliphatic rings. The standard InChI is InChI=1S/C21H37N5O8/c1-5-11(4)17(26-18(30)12(22)8-10(2)3)20(32)25-14(9-16(28)29)19(31)24-13(21(33)34)6-7-15(23)27/h10-14,17H,5-9,22H2,1-4H3,(H2,23,27)(H,24,31)(H,25,32)(H,26,30)(H,28,29)(H,33,34).